The summed E-state index contributed by atoms with van der Waals surface area (Å²) in [5.41, 5.74) is 0.482. The number of rotatable bonds is 4. The Morgan fingerprint density at radius 1 is 1.23 bits per heavy atom. The highest BCUT2D eigenvalue weighted by molar-refractivity contribution is 5.89. The van der Waals surface area contributed by atoms with Crippen molar-refractivity contribution in [1.82, 2.24) is 5.32 Å². The van der Waals surface area contributed by atoms with Gasteiger partial charge < -0.3 is 15.1 Å². The lowest BCUT2D eigenvalue weighted by molar-refractivity contribution is -0.137. The molecule has 118 valence electrons. The summed E-state index contributed by atoms with van der Waals surface area (Å²) in [5.74, 6) is 0. The van der Waals surface area contributed by atoms with E-state index in [1.807, 2.05) is 6.92 Å². The Morgan fingerprint density at radius 2 is 1.91 bits per heavy atom. The van der Waals surface area contributed by atoms with Crippen molar-refractivity contribution in [3.63, 3.8) is 0 Å². The summed E-state index contributed by atoms with van der Waals surface area (Å²) in [6, 6.07) is 5.44. The minimum atomic E-state index is -4.39. The minimum absolute atomic E-state index is 0.146. The van der Waals surface area contributed by atoms with Crippen LogP contribution in [0, 0.1) is 0 Å². The van der Waals surface area contributed by atoms with E-state index < -0.39 is 17.8 Å². The molecule has 0 spiro atoms. The van der Waals surface area contributed by atoms with Crippen LogP contribution in [0.25, 0.3) is 0 Å². The Hall–Kier alpha value is -2.44. The molecule has 0 aliphatic rings. The molecule has 0 aliphatic heterocycles. The predicted octanol–water partition coefficient (Wildman–Crippen LogP) is 4.05. The lowest BCUT2D eigenvalue weighted by Gasteiger charge is -2.14. The average Bonchev–Trinajstić information content (AvgIpc) is 2.90. The van der Waals surface area contributed by atoms with E-state index in [4.69, 9.17) is 4.42 Å². The first-order valence-electron chi connectivity index (χ1n) is 6.60. The summed E-state index contributed by atoms with van der Waals surface area (Å²) in [5, 5.41) is 5.19. The van der Waals surface area contributed by atoms with Gasteiger partial charge in [0.1, 0.15) is 0 Å². The van der Waals surface area contributed by atoms with Gasteiger partial charge >= 0.3 is 12.2 Å². The first-order chi connectivity index (χ1) is 10.3. The van der Waals surface area contributed by atoms with Crippen LogP contribution in [-0.4, -0.2) is 12.1 Å². The number of halogens is 3. The summed E-state index contributed by atoms with van der Waals surface area (Å²) in [6.07, 6.45) is -0.660. The second-order valence-corrected chi connectivity index (χ2v) is 4.91. The molecule has 2 N–H and O–H groups in total. The zero-order valence-electron chi connectivity index (χ0n) is 11.8. The van der Waals surface area contributed by atoms with E-state index in [-0.39, 0.29) is 6.04 Å². The van der Waals surface area contributed by atoms with Crippen molar-refractivity contribution in [3.05, 3.63) is 54.0 Å². The van der Waals surface area contributed by atoms with Gasteiger partial charge in [0.2, 0.25) is 0 Å². The first-order valence-corrected chi connectivity index (χ1v) is 6.60. The van der Waals surface area contributed by atoms with E-state index in [9.17, 15) is 18.0 Å². The molecule has 0 radical (unpaired) electrons. The van der Waals surface area contributed by atoms with Crippen LogP contribution >= 0.6 is 0 Å². The van der Waals surface area contributed by atoms with E-state index in [1.165, 1.54) is 12.1 Å². The number of amides is 2. The fourth-order valence-corrected chi connectivity index (χ4v) is 1.95. The molecule has 2 amide bonds. The fraction of sp³-hybridized carbons (Fsp3) is 0.267. The first kappa shape index (κ1) is 15.9. The molecule has 2 aromatic rings. The van der Waals surface area contributed by atoms with Crippen LogP contribution in [0.4, 0.5) is 23.7 Å². The second-order valence-electron chi connectivity index (χ2n) is 4.91. The summed E-state index contributed by atoms with van der Waals surface area (Å²) < 4.78 is 42.2. The summed E-state index contributed by atoms with van der Waals surface area (Å²) in [4.78, 5) is 11.8. The molecule has 1 aromatic carbocycles. The maximum atomic E-state index is 12.4. The third kappa shape index (κ3) is 4.54. The van der Waals surface area contributed by atoms with E-state index in [0.29, 0.717) is 12.1 Å². The molecule has 7 heteroatoms. The molecule has 0 saturated heterocycles. The monoisotopic (exact) mass is 312 g/mol. The van der Waals surface area contributed by atoms with Crippen molar-refractivity contribution in [3.8, 4) is 0 Å². The molecule has 0 bridgehead atoms. The number of hydrogen-bond donors (Lipinski definition) is 2. The number of benzene rings is 1. The number of urea groups is 1. The van der Waals surface area contributed by atoms with Crippen LogP contribution in [0.1, 0.15) is 18.1 Å². The highest BCUT2D eigenvalue weighted by atomic mass is 19.4. The Kier molecular flexibility index (Phi) is 4.75. The number of carbonyl (C=O) groups is 1. The van der Waals surface area contributed by atoms with Crippen molar-refractivity contribution in [2.75, 3.05) is 5.32 Å². The van der Waals surface area contributed by atoms with Gasteiger partial charge in [-0.3, -0.25) is 0 Å². The molecule has 1 atom stereocenters. The normalized spacial score (nSPS) is 12.7. The summed E-state index contributed by atoms with van der Waals surface area (Å²) in [6.45, 7) is 1.82. The standard InChI is InChI=1S/C15H15F3N2O2/c1-10(8-11-6-7-22-9-11)19-14(21)20-13-4-2-12(3-5-13)15(16,17)18/h2-7,9-10H,8H2,1H3,(H2,19,20,21)/t10-/m0/s1. The van der Waals surface area contributed by atoms with Crippen LogP contribution in [0.15, 0.2) is 47.3 Å². The molecular weight excluding hydrogens is 297 g/mol. The minimum Gasteiger partial charge on any atom is -0.472 e. The predicted molar refractivity (Wildman–Crippen MR) is 75.5 cm³/mol. The molecule has 0 unspecified atom stereocenters. The maximum absolute atomic E-state index is 12.4. The van der Waals surface area contributed by atoms with Gasteiger partial charge in [0.15, 0.2) is 0 Å². The highest BCUT2D eigenvalue weighted by Gasteiger charge is 2.29. The molecule has 0 aliphatic carbocycles. The van der Waals surface area contributed by atoms with Gasteiger partial charge in [0.25, 0.3) is 0 Å². The Morgan fingerprint density at radius 3 is 2.45 bits per heavy atom. The third-order valence-corrected chi connectivity index (χ3v) is 2.97. The van der Waals surface area contributed by atoms with Crippen molar-refractivity contribution >= 4 is 11.7 Å². The largest absolute Gasteiger partial charge is 0.472 e. The number of anilines is 1. The van der Waals surface area contributed by atoms with Gasteiger partial charge in [-0.05, 0) is 49.2 Å². The molecule has 0 saturated carbocycles. The topological polar surface area (TPSA) is 54.3 Å². The van der Waals surface area contributed by atoms with Crippen LogP contribution in [0.3, 0.4) is 0 Å². The lowest BCUT2D eigenvalue weighted by atomic mass is 10.1. The van der Waals surface area contributed by atoms with Gasteiger partial charge in [-0.15, -0.1) is 0 Å². The Balaban J connectivity index is 1.86. The second kappa shape index (κ2) is 6.55. The SMILES string of the molecule is C[C@@H](Cc1ccoc1)NC(=O)Nc1ccc(C(F)(F)F)cc1. The Labute approximate surface area is 125 Å². The van der Waals surface area contributed by atoms with Crippen LogP contribution in [-0.2, 0) is 12.6 Å². The highest BCUT2D eigenvalue weighted by Crippen LogP contribution is 2.29. The molecule has 2 rings (SSSR count). The summed E-state index contributed by atoms with van der Waals surface area (Å²) in [7, 11) is 0. The summed E-state index contributed by atoms with van der Waals surface area (Å²) >= 11 is 0. The molecule has 1 aromatic heterocycles. The van der Waals surface area contributed by atoms with Gasteiger partial charge in [0.05, 0.1) is 18.1 Å². The van der Waals surface area contributed by atoms with E-state index in [0.717, 1.165) is 17.7 Å². The van der Waals surface area contributed by atoms with Crippen LogP contribution < -0.4 is 10.6 Å². The Bertz CT molecular complexity index is 607. The molecular formula is C15H15F3N2O2. The van der Waals surface area contributed by atoms with Gasteiger partial charge in [0, 0.05) is 11.7 Å². The zero-order valence-corrected chi connectivity index (χ0v) is 11.8. The van der Waals surface area contributed by atoms with Crippen molar-refractivity contribution in [2.24, 2.45) is 0 Å². The third-order valence-electron chi connectivity index (χ3n) is 2.97. The van der Waals surface area contributed by atoms with E-state index in [2.05, 4.69) is 10.6 Å². The van der Waals surface area contributed by atoms with Crippen molar-refractivity contribution in [2.45, 2.75) is 25.6 Å². The molecule has 1 heterocycles. The number of furan rings is 1. The van der Waals surface area contributed by atoms with E-state index >= 15 is 0 Å². The average molecular weight is 312 g/mol. The van der Waals surface area contributed by atoms with Crippen LogP contribution in [0.5, 0.6) is 0 Å². The van der Waals surface area contributed by atoms with Crippen LogP contribution in [0.2, 0.25) is 0 Å². The number of alkyl halides is 3. The number of nitrogens with one attached hydrogen (secondary N) is 2. The van der Waals surface area contributed by atoms with Crippen molar-refractivity contribution < 1.29 is 22.4 Å². The molecule has 0 fully saturated rings. The lowest BCUT2D eigenvalue weighted by Crippen LogP contribution is -2.37. The van der Waals surface area contributed by atoms with Gasteiger partial charge in [-0.2, -0.15) is 13.2 Å². The van der Waals surface area contributed by atoms with Gasteiger partial charge in [-0.1, -0.05) is 0 Å². The van der Waals surface area contributed by atoms with E-state index in [1.54, 1.807) is 18.6 Å². The molecule has 22 heavy (non-hydrogen) atoms. The quantitative estimate of drug-likeness (QED) is 0.895. The maximum Gasteiger partial charge on any atom is 0.416 e. The molecule has 4 nitrogen and oxygen atoms in total. The fourth-order valence-electron chi connectivity index (χ4n) is 1.95. The smallest absolute Gasteiger partial charge is 0.416 e. The number of carbonyl (C=O) groups excluding carboxylic acids is 1. The number of hydrogen-bond acceptors (Lipinski definition) is 2. The zero-order chi connectivity index (χ0) is 16.2. The van der Waals surface area contributed by atoms with Gasteiger partial charge in [-0.25, -0.2) is 4.79 Å². The van der Waals surface area contributed by atoms with Crippen molar-refractivity contribution in [1.29, 1.82) is 0 Å².